The van der Waals surface area contributed by atoms with Crippen LogP contribution in [0.1, 0.15) is 13.8 Å². The normalized spacial score (nSPS) is 12.9. The molecule has 0 aromatic heterocycles. The summed E-state index contributed by atoms with van der Waals surface area (Å²) in [5.74, 6) is 0. The van der Waals surface area contributed by atoms with E-state index in [0.717, 1.165) is 0 Å². The predicted molar refractivity (Wildman–Crippen MR) is 60.4 cm³/mol. The van der Waals surface area contributed by atoms with Gasteiger partial charge in [0, 0.05) is 28.2 Å². The Morgan fingerprint density at radius 1 is 0.846 bits per heavy atom. The van der Waals surface area contributed by atoms with Crippen molar-refractivity contribution in [2.45, 2.75) is 25.9 Å². The maximum atomic E-state index is 3.54. The van der Waals surface area contributed by atoms with Gasteiger partial charge in [-0.3, -0.25) is 20.2 Å². The minimum absolute atomic E-state index is 1.18. The van der Waals surface area contributed by atoms with Crippen LogP contribution >= 0.6 is 0 Å². The minimum Gasteiger partial charge on any atom is -0.261 e. The first-order valence-electron chi connectivity index (χ1n) is 4.86. The van der Waals surface area contributed by atoms with Crippen molar-refractivity contribution < 1.29 is 0 Å². The summed E-state index contributed by atoms with van der Waals surface area (Å²) in [7, 11) is 6.67. The number of nitrogens with one attached hydrogen (secondary N) is 2. The summed E-state index contributed by atoms with van der Waals surface area (Å²) < 4.78 is 0. The molecule has 0 aliphatic carbocycles. The Bertz CT molecular complexity index is 122. The largest absolute Gasteiger partial charge is 0.261 e. The van der Waals surface area contributed by atoms with Gasteiger partial charge in [0.15, 0.2) is 0 Å². The average molecular weight is 204 g/mol. The third-order valence-electron chi connectivity index (χ3n) is 2.08. The van der Waals surface area contributed by atoms with Crippen LogP contribution in [0, 0.1) is 0 Å². The lowest BCUT2D eigenvalue weighted by atomic mass is 10.9. The molecule has 0 saturated heterocycles. The molecule has 0 aliphatic heterocycles. The Labute approximate surface area is 83.4 Å². The molecule has 0 atom stereocenters. The minimum atomic E-state index is -1.52. The molecule has 0 amide bonds. The summed E-state index contributed by atoms with van der Waals surface area (Å²) in [5, 5.41) is 11.2. The number of hydrogen-bond donors (Lipinski definition) is 2. The Morgan fingerprint density at radius 3 is 1.31 bits per heavy atom. The van der Waals surface area contributed by atoms with Gasteiger partial charge in [-0.15, -0.1) is 0 Å². The summed E-state index contributed by atoms with van der Waals surface area (Å²) in [6.07, 6.45) is 0. The Balaban J connectivity index is 4.30. The fourth-order valence-electron chi connectivity index (χ4n) is 1.45. The van der Waals surface area contributed by atoms with Gasteiger partial charge < -0.3 is 0 Å². The molecule has 0 saturated carbocycles. The zero-order valence-corrected chi connectivity index (χ0v) is 10.8. The van der Waals surface area contributed by atoms with E-state index in [4.69, 9.17) is 0 Å². The smallest absolute Gasteiger partial charge is 0.228 e. The molecule has 0 unspecified atom stereocenters. The maximum Gasteiger partial charge on any atom is 0.228 e. The van der Waals surface area contributed by atoms with Gasteiger partial charge in [0.05, 0.1) is 0 Å². The highest BCUT2D eigenvalue weighted by Gasteiger charge is 2.30. The molecule has 80 valence electrons. The van der Waals surface area contributed by atoms with Crippen LogP contribution in [0.3, 0.4) is 0 Å². The van der Waals surface area contributed by atoms with Gasteiger partial charge in [-0.25, -0.2) is 0 Å². The van der Waals surface area contributed by atoms with Crippen molar-refractivity contribution in [1.82, 2.24) is 20.2 Å². The van der Waals surface area contributed by atoms with Crippen LogP contribution in [0.5, 0.6) is 0 Å². The molecule has 4 nitrogen and oxygen atoms in total. The molecule has 0 aromatic carbocycles. The van der Waals surface area contributed by atoms with Crippen molar-refractivity contribution in [2.75, 3.05) is 28.2 Å². The van der Waals surface area contributed by atoms with Crippen molar-refractivity contribution in [3.63, 3.8) is 0 Å². The lowest BCUT2D eigenvalue weighted by Gasteiger charge is -2.36. The van der Waals surface area contributed by atoms with Crippen molar-refractivity contribution in [3.8, 4) is 0 Å². The SMILES string of the molecule is CC[Si](CC)(NN(C)C)NN(C)C. The zero-order chi connectivity index (χ0) is 10.5. The van der Waals surface area contributed by atoms with E-state index >= 15 is 0 Å². The fourth-order valence-corrected chi connectivity index (χ4v) is 4.34. The summed E-state index contributed by atoms with van der Waals surface area (Å²) in [4.78, 5) is 0. The van der Waals surface area contributed by atoms with Crippen LogP contribution < -0.4 is 10.2 Å². The van der Waals surface area contributed by atoms with Crippen LogP contribution in [0.25, 0.3) is 0 Å². The lowest BCUT2D eigenvalue weighted by Crippen LogP contribution is -2.68. The van der Waals surface area contributed by atoms with Crippen LogP contribution in [0.4, 0.5) is 0 Å². The monoisotopic (exact) mass is 204 g/mol. The van der Waals surface area contributed by atoms with Gasteiger partial charge in [-0.05, 0) is 12.1 Å². The molecule has 0 bridgehead atoms. The third-order valence-corrected chi connectivity index (χ3v) is 6.25. The van der Waals surface area contributed by atoms with E-state index in [1.807, 2.05) is 28.2 Å². The fraction of sp³-hybridized carbons (Fsp3) is 1.00. The first kappa shape index (κ1) is 13.1. The van der Waals surface area contributed by atoms with E-state index in [0.29, 0.717) is 0 Å². The summed E-state index contributed by atoms with van der Waals surface area (Å²) in [6.45, 7) is 4.48. The summed E-state index contributed by atoms with van der Waals surface area (Å²) in [5.41, 5.74) is 0. The predicted octanol–water partition coefficient (Wildman–Crippen LogP) is 0.601. The molecule has 13 heavy (non-hydrogen) atoms. The van der Waals surface area contributed by atoms with Crippen LogP contribution in [-0.4, -0.2) is 46.6 Å². The van der Waals surface area contributed by atoms with Crippen molar-refractivity contribution >= 4 is 8.40 Å². The van der Waals surface area contributed by atoms with Gasteiger partial charge in [0.2, 0.25) is 8.40 Å². The maximum absolute atomic E-state index is 3.54. The van der Waals surface area contributed by atoms with Crippen molar-refractivity contribution in [1.29, 1.82) is 0 Å². The van der Waals surface area contributed by atoms with E-state index in [1.54, 1.807) is 0 Å². The highest BCUT2D eigenvalue weighted by atomic mass is 28.3. The number of rotatable bonds is 6. The first-order valence-corrected chi connectivity index (χ1v) is 7.27. The van der Waals surface area contributed by atoms with Gasteiger partial charge in [-0.1, -0.05) is 13.8 Å². The standard InChI is InChI=1S/C8H24N4Si/c1-7-13(8-2,9-11(3)4)10-12(5)6/h9-10H,7-8H2,1-6H3. The number of hydrogen-bond acceptors (Lipinski definition) is 4. The first-order chi connectivity index (χ1) is 5.95. The molecule has 2 N–H and O–H groups in total. The van der Waals surface area contributed by atoms with E-state index in [-0.39, 0.29) is 0 Å². The zero-order valence-electron chi connectivity index (χ0n) is 9.81. The van der Waals surface area contributed by atoms with Crippen molar-refractivity contribution in [3.05, 3.63) is 0 Å². The third kappa shape index (κ3) is 4.73. The quantitative estimate of drug-likeness (QED) is 0.490. The highest BCUT2D eigenvalue weighted by molar-refractivity contribution is 6.74. The molecule has 0 aliphatic rings. The van der Waals surface area contributed by atoms with E-state index in [1.165, 1.54) is 12.1 Å². The van der Waals surface area contributed by atoms with Gasteiger partial charge in [-0.2, -0.15) is 0 Å². The topological polar surface area (TPSA) is 30.5 Å². The average Bonchev–Trinajstić information content (AvgIpc) is 2.01. The van der Waals surface area contributed by atoms with Crippen LogP contribution in [0.15, 0.2) is 0 Å². The second kappa shape index (κ2) is 5.72. The van der Waals surface area contributed by atoms with Gasteiger partial charge >= 0.3 is 0 Å². The highest BCUT2D eigenvalue weighted by Crippen LogP contribution is 2.07. The van der Waals surface area contributed by atoms with Crippen LogP contribution in [0.2, 0.25) is 12.1 Å². The van der Waals surface area contributed by atoms with Crippen LogP contribution in [-0.2, 0) is 0 Å². The lowest BCUT2D eigenvalue weighted by molar-refractivity contribution is 0.311. The molecule has 0 radical (unpaired) electrons. The molecule has 0 aromatic rings. The van der Waals surface area contributed by atoms with Gasteiger partial charge in [0.25, 0.3) is 0 Å². The Hall–Kier alpha value is 0.0569. The van der Waals surface area contributed by atoms with Gasteiger partial charge in [0.1, 0.15) is 0 Å². The Kier molecular flexibility index (Phi) is 5.74. The van der Waals surface area contributed by atoms with E-state index in [2.05, 4.69) is 34.0 Å². The molecule has 0 rings (SSSR count). The van der Waals surface area contributed by atoms with E-state index < -0.39 is 8.40 Å². The molecule has 5 heteroatoms. The number of nitrogens with zero attached hydrogens (tertiary/aromatic N) is 2. The van der Waals surface area contributed by atoms with E-state index in [9.17, 15) is 0 Å². The second-order valence-electron chi connectivity index (χ2n) is 3.80. The Morgan fingerprint density at radius 2 is 1.15 bits per heavy atom. The summed E-state index contributed by atoms with van der Waals surface area (Å²) >= 11 is 0. The molecule has 0 fully saturated rings. The molecular formula is C8H24N4Si. The second-order valence-corrected chi connectivity index (χ2v) is 7.83. The number of hydrazine groups is 2. The summed E-state index contributed by atoms with van der Waals surface area (Å²) in [6, 6.07) is 2.36. The molecule has 0 heterocycles. The molecular weight excluding hydrogens is 180 g/mol. The van der Waals surface area contributed by atoms with Crippen molar-refractivity contribution in [2.24, 2.45) is 0 Å². The molecule has 0 spiro atoms.